The lowest BCUT2D eigenvalue weighted by Crippen LogP contribution is -2.16. The highest BCUT2D eigenvalue weighted by Gasteiger charge is 2.25. The van der Waals surface area contributed by atoms with Crippen molar-refractivity contribution >= 4 is 54.6 Å². The highest BCUT2D eigenvalue weighted by molar-refractivity contribution is 7.93. The number of thiazole rings is 1. The Labute approximate surface area is 169 Å². The summed E-state index contributed by atoms with van der Waals surface area (Å²) < 4.78 is 34.1. The number of methoxy groups -OCH3 is 1. The van der Waals surface area contributed by atoms with Crippen molar-refractivity contribution < 1.29 is 17.9 Å². The number of aromatic nitrogens is 1. The Bertz CT molecular complexity index is 1240. The van der Waals surface area contributed by atoms with Crippen LogP contribution >= 0.6 is 22.7 Å². The molecule has 0 spiro atoms. The SMILES string of the molecule is COC(=O)c1sccc1S(=O)(=O)Nc1ccccc1-c1nc2ccccc2s1. The highest BCUT2D eigenvalue weighted by atomic mass is 32.2. The van der Waals surface area contributed by atoms with Crippen molar-refractivity contribution in [3.05, 3.63) is 64.9 Å². The lowest BCUT2D eigenvalue weighted by Gasteiger charge is -2.11. The van der Waals surface area contributed by atoms with Crippen molar-refractivity contribution in [1.82, 2.24) is 4.98 Å². The molecule has 0 saturated carbocycles. The number of rotatable bonds is 5. The van der Waals surface area contributed by atoms with Gasteiger partial charge in [-0.1, -0.05) is 24.3 Å². The summed E-state index contributed by atoms with van der Waals surface area (Å²) in [5, 5.41) is 2.25. The third-order valence-electron chi connectivity index (χ3n) is 3.99. The van der Waals surface area contributed by atoms with Gasteiger partial charge < -0.3 is 4.74 Å². The first-order valence-electron chi connectivity index (χ1n) is 8.13. The van der Waals surface area contributed by atoms with Gasteiger partial charge in [-0.25, -0.2) is 18.2 Å². The van der Waals surface area contributed by atoms with E-state index in [1.165, 1.54) is 24.5 Å². The predicted molar refractivity (Wildman–Crippen MR) is 112 cm³/mol. The second kappa shape index (κ2) is 7.34. The van der Waals surface area contributed by atoms with E-state index >= 15 is 0 Å². The molecule has 0 aliphatic heterocycles. The number of nitrogens with zero attached hydrogens (tertiary/aromatic N) is 1. The number of thiophene rings is 1. The molecule has 2 aromatic heterocycles. The van der Waals surface area contributed by atoms with Crippen molar-refractivity contribution in [2.45, 2.75) is 4.90 Å². The number of ether oxygens (including phenoxy) is 1. The third kappa shape index (κ3) is 3.39. The van der Waals surface area contributed by atoms with Crippen LogP contribution in [-0.4, -0.2) is 26.5 Å². The average molecular weight is 431 g/mol. The van der Waals surface area contributed by atoms with Crippen molar-refractivity contribution in [3.63, 3.8) is 0 Å². The van der Waals surface area contributed by atoms with Crippen LogP contribution in [0.15, 0.2) is 64.9 Å². The van der Waals surface area contributed by atoms with Gasteiger partial charge in [0.05, 0.1) is 23.0 Å². The number of esters is 1. The monoisotopic (exact) mass is 430 g/mol. The summed E-state index contributed by atoms with van der Waals surface area (Å²) in [6.07, 6.45) is 0. The van der Waals surface area contributed by atoms with Gasteiger partial charge in [-0.2, -0.15) is 0 Å². The van der Waals surface area contributed by atoms with Gasteiger partial charge in [-0.3, -0.25) is 4.72 Å². The van der Waals surface area contributed by atoms with E-state index in [1.807, 2.05) is 36.4 Å². The first kappa shape index (κ1) is 18.6. The van der Waals surface area contributed by atoms with Gasteiger partial charge in [-0.05, 0) is 35.7 Å². The van der Waals surface area contributed by atoms with Gasteiger partial charge in [0.25, 0.3) is 10.0 Å². The maximum Gasteiger partial charge on any atom is 0.349 e. The van der Waals surface area contributed by atoms with Crippen LogP contribution in [0.25, 0.3) is 20.8 Å². The first-order valence-corrected chi connectivity index (χ1v) is 11.3. The van der Waals surface area contributed by atoms with Gasteiger partial charge >= 0.3 is 5.97 Å². The fraction of sp³-hybridized carbons (Fsp3) is 0.0526. The van der Waals surface area contributed by atoms with Crippen LogP contribution < -0.4 is 4.72 Å². The molecule has 6 nitrogen and oxygen atoms in total. The molecule has 2 heterocycles. The summed E-state index contributed by atoms with van der Waals surface area (Å²) in [4.78, 5) is 16.4. The van der Waals surface area contributed by atoms with Crippen LogP contribution in [0, 0.1) is 0 Å². The molecule has 0 atom stereocenters. The fourth-order valence-corrected chi connectivity index (χ4v) is 6.12. The lowest BCUT2D eigenvalue weighted by atomic mass is 10.2. The van der Waals surface area contributed by atoms with Crippen LogP contribution in [0.1, 0.15) is 9.67 Å². The first-order chi connectivity index (χ1) is 13.5. The maximum atomic E-state index is 12.9. The van der Waals surface area contributed by atoms with Crippen LogP contribution in [0.2, 0.25) is 0 Å². The number of anilines is 1. The van der Waals surface area contributed by atoms with Gasteiger partial charge in [-0.15, -0.1) is 22.7 Å². The predicted octanol–water partition coefficient (Wildman–Crippen LogP) is 4.61. The molecule has 0 amide bonds. The minimum absolute atomic E-state index is 0.0347. The summed E-state index contributed by atoms with van der Waals surface area (Å²) in [6, 6.07) is 16.2. The summed E-state index contributed by atoms with van der Waals surface area (Å²) >= 11 is 2.50. The molecular weight excluding hydrogens is 416 g/mol. The molecule has 28 heavy (non-hydrogen) atoms. The van der Waals surface area contributed by atoms with Crippen molar-refractivity contribution in [3.8, 4) is 10.6 Å². The van der Waals surface area contributed by atoms with Gasteiger partial charge in [0.1, 0.15) is 14.8 Å². The molecule has 0 saturated heterocycles. The summed E-state index contributed by atoms with van der Waals surface area (Å²) in [5.74, 6) is -0.685. The van der Waals surface area contributed by atoms with E-state index in [9.17, 15) is 13.2 Å². The fourth-order valence-electron chi connectivity index (χ4n) is 2.70. The van der Waals surface area contributed by atoms with E-state index in [0.717, 1.165) is 21.6 Å². The Hall–Kier alpha value is -2.75. The molecule has 4 aromatic rings. The van der Waals surface area contributed by atoms with E-state index in [4.69, 9.17) is 0 Å². The smallest absolute Gasteiger partial charge is 0.349 e. The Morgan fingerprint density at radius 3 is 2.61 bits per heavy atom. The van der Waals surface area contributed by atoms with E-state index in [1.54, 1.807) is 17.5 Å². The largest absolute Gasteiger partial charge is 0.465 e. The Morgan fingerprint density at radius 2 is 1.82 bits per heavy atom. The van der Waals surface area contributed by atoms with Crippen LogP contribution in [0.4, 0.5) is 5.69 Å². The molecule has 1 N–H and O–H groups in total. The number of fused-ring (bicyclic) bond motifs is 1. The molecule has 4 rings (SSSR count). The number of sulfonamides is 1. The Morgan fingerprint density at radius 1 is 1.07 bits per heavy atom. The molecule has 0 aliphatic carbocycles. The van der Waals surface area contributed by atoms with Gasteiger partial charge in [0.15, 0.2) is 0 Å². The molecular formula is C19H14N2O4S3. The van der Waals surface area contributed by atoms with Crippen molar-refractivity contribution in [1.29, 1.82) is 0 Å². The molecule has 0 radical (unpaired) electrons. The van der Waals surface area contributed by atoms with Crippen molar-refractivity contribution in [2.75, 3.05) is 11.8 Å². The molecule has 0 aliphatic rings. The third-order valence-corrected chi connectivity index (χ3v) is 7.49. The topological polar surface area (TPSA) is 85.4 Å². The molecule has 142 valence electrons. The normalized spacial score (nSPS) is 11.5. The van der Waals surface area contributed by atoms with Crippen LogP contribution in [0.5, 0.6) is 0 Å². The van der Waals surface area contributed by atoms with E-state index in [0.29, 0.717) is 16.3 Å². The highest BCUT2D eigenvalue weighted by Crippen LogP contribution is 2.35. The molecule has 0 bridgehead atoms. The van der Waals surface area contributed by atoms with Crippen LogP contribution in [0.3, 0.4) is 0 Å². The van der Waals surface area contributed by atoms with Crippen molar-refractivity contribution in [2.24, 2.45) is 0 Å². The second-order valence-corrected chi connectivity index (χ2v) is 9.34. The zero-order valence-corrected chi connectivity index (χ0v) is 17.0. The maximum absolute atomic E-state index is 12.9. The van der Waals surface area contributed by atoms with E-state index < -0.39 is 16.0 Å². The Kier molecular flexibility index (Phi) is 4.88. The lowest BCUT2D eigenvalue weighted by molar-refractivity contribution is 0.0602. The zero-order chi connectivity index (χ0) is 19.7. The number of para-hydroxylation sites is 2. The average Bonchev–Trinajstić information content (AvgIpc) is 3.35. The minimum Gasteiger partial charge on any atom is -0.465 e. The number of hydrogen-bond acceptors (Lipinski definition) is 7. The number of hydrogen-bond donors (Lipinski definition) is 1. The number of carbonyl (C=O) groups excluding carboxylic acids is 1. The van der Waals surface area contributed by atoms with E-state index in [-0.39, 0.29) is 9.77 Å². The second-order valence-electron chi connectivity index (χ2n) is 5.74. The van der Waals surface area contributed by atoms with E-state index in [2.05, 4.69) is 14.4 Å². The number of nitrogens with one attached hydrogen (secondary N) is 1. The standard InChI is InChI=1S/C19H14N2O4S3/c1-25-19(22)17-16(10-11-26-17)28(23,24)21-13-7-3-2-6-12(13)18-20-14-8-4-5-9-15(14)27-18/h2-11,21H,1H3. The quantitative estimate of drug-likeness (QED) is 0.467. The Balaban J connectivity index is 1.75. The van der Waals surface area contributed by atoms with Crippen LogP contribution in [-0.2, 0) is 14.8 Å². The zero-order valence-electron chi connectivity index (χ0n) is 14.6. The minimum atomic E-state index is -3.98. The molecule has 0 fully saturated rings. The molecule has 0 unspecified atom stereocenters. The summed E-state index contributed by atoms with van der Waals surface area (Å²) in [7, 11) is -2.76. The molecule has 9 heteroatoms. The summed E-state index contributed by atoms with van der Waals surface area (Å²) in [5.41, 5.74) is 1.91. The number of benzene rings is 2. The summed E-state index contributed by atoms with van der Waals surface area (Å²) in [6.45, 7) is 0. The number of carbonyl (C=O) groups is 1. The van der Waals surface area contributed by atoms with Gasteiger partial charge in [0, 0.05) is 5.56 Å². The molecule has 2 aromatic carbocycles. The van der Waals surface area contributed by atoms with Gasteiger partial charge in [0.2, 0.25) is 0 Å².